The Hall–Kier alpha value is -1.17. The van der Waals surface area contributed by atoms with Crippen LogP contribution in [0.2, 0.25) is 5.02 Å². The van der Waals surface area contributed by atoms with Gasteiger partial charge in [-0.05, 0) is 32.1 Å². The topological polar surface area (TPSA) is 58.4 Å². The van der Waals surface area contributed by atoms with E-state index >= 15 is 0 Å². The van der Waals surface area contributed by atoms with E-state index in [1.165, 1.54) is 6.07 Å². The van der Waals surface area contributed by atoms with Gasteiger partial charge in [-0.15, -0.1) is 0 Å². The van der Waals surface area contributed by atoms with Crippen LogP contribution in [0.15, 0.2) is 18.2 Å². The molecule has 6 heteroatoms. The number of nitrogens with zero attached hydrogens (tertiary/aromatic N) is 2. The Labute approximate surface area is 125 Å². The van der Waals surface area contributed by atoms with Crippen LogP contribution in [0.1, 0.15) is 19.4 Å². The number of halogens is 1. The second kappa shape index (κ2) is 7.57. The van der Waals surface area contributed by atoms with E-state index < -0.39 is 0 Å². The lowest BCUT2D eigenvalue weighted by atomic mass is 10.0. The number of nitro groups is 1. The Morgan fingerprint density at radius 3 is 2.55 bits per heavy atom. The first-order valence-electron chi connectivity index (χ1n) is 6.62. The molecular weight excluding hydrogens is 278 g/mol. The molecule has 1 atom stereocenters. The van der Waals surface area contributed by atoms with Gasteiger partial charge in [-0.25, -0.2) is 0 Å². The summed E-state index contributed by atoms with van der Waals surface area (Å²) >= 11 is 5.93. The molecule has 1 aromatic carbocycles. The minimum absolute atomic E-state index is 0.106. The number of hydrogen-bond donors (Lipinski definition) is 1. The number of nitrogens with one attached hydrogen (secondary N) is 1. The van der Waals surface area contributed by atoms with Crippen molar-refractivity contribution in [2.45, 2.75) is 26.4 Å². The van der Waals surface area contributed by atoms with Crippen LogP contribution in [0, 0.1) is 16.0 Å². The van der Waals surface area contributed by atoms with Crippen molar-refractivity contribution in [2.75, 3.05) is 20.6 Å². The van der Waals surface area contributed by atoms with Crippen molar-refractivity contribution in [1.82, 2.24) is 10.2 Å². The lowest BCUT2D eigenvalue weighted by Crippen LogP contribution is -2.41. The Balaban J connectivity index is 2.81. The van der Waals surface area contributed by atoms with Crippen LogP contribution < -0.4 is 5.32 Å². The van der Waals surface area contributed by atoms with E-state index in [2.05, 4.69) is 24.1 Å². The highest BCUT2D eigenvalue weighted by Crippen LogP contribution is 2.22. The average molecular weight is 300 g/mol. The third-order valence-corrected chi connectivity index (χ3v) is 3.39. The van der Waals surface area contributed by atoms with Crippen molar-refractivity contribution in [2.24, 2.45) is 5.92 Å². The molecule has 0 amide bonds. The number of rotatable bonds is 7. The molecule has 0 bridgehead atoms. The number of benzene rings is 1. The molecule has 0 saturated carbocycles. The molecule has 0 radical (unpaired) electrons. The summed E-state index contributed by atoms with van der Waals surface area (Å²) in [6, 6.07) is 4.92. The maximum Gasteiger partial charge on any atom is 0.273 e. The predicted molar refractivity (Wildman–Crippen MR) is 82.1 cm³/mol. The minimum atomic E-state index is -0.371. The van der Waals surface area contributed by atoms with Crippen LogP contribution >= 0.6 is 11.6 Å². The fourth-order valence-electron chi connectivity index (χ4n) is 2.02. The number of likely N-dealkylation sites (N-methyl/N-ethyl adjacent to an activating group) is 1. The maximum atomic E-state index is 11.0. The van der Waals surface area contributed by atoms with Gasteiger partial charge >= 0.3 is 0 Å². The smallest absolute Gasteiger partial charge is 0.273 e. The summed E-state index contributed by atoms with van der Waals surface area (Å²) in [6.07, 6.45) is 0. The molecule has 0 heterocycles. The highest BCUT2D eigenvalue weighted by Gasteiger charge is 2.18. The predicted octanol–water partition coefficient (Wildman–Crippen LogP) is 2.92. The summed E-state index contributed by atoms with van der Waals surface area (Å²) < 4.78 is 0. The lowest BCUT2D eigenvalue weighted by molar-refractivity contribution is -0.385. The maximum absolute atomic E-state index is 11.0. The Kier molecular flexibility index (Phi) is 6.39. The van der Waals surface area contributed by atoms with E-state index in [1.807, 2.05) is 14.1 Å². The monoisotopic (exact) mass is 299 g/mol. The van der Waals surface area contributed by atoms with Gasteiger partial charge in [0.15, 0.2) is 0 Å². The quantitative estimate of drug-likeness (QED) is 0.621. The molecule has 1 aromatic rings. The molecule has 20 heavy (non-hydrogen) atoms. The molecule has 0 aliphatic rings. The second-order valence-corrected chi connectivity index (χ2v) is 5.96. The van der Waals surface area contributed by atoms with Gasteiger partial charge in [-0.2, -0.15) is 0 Å². The first-order valence-corrected chi connectivity index (χ1v) is 7.00. The summed E-state index contributed by atoms with van der Waals surface area (Å²) in [6.45, 7) is 5.58. The first-order chi connectivity index (χ1) is 9.31. The van der Waals surface area contributed by atoms with Crippen LogP contribution in [0.25, 0.3) is 0 Å². The fourth-order valence-corrected chi connectivity index (χ4v) is 2.21. The molecule has 0 aromatic heterocycles. The lowest BCUT2D eigenvalue weighted by Gasteiger charge is -2.25. The Morgan fingerprint density at radius 1 is 1.40 bits per heavy atom. The van der Waals surface area contributed by atoms with Crippen molar-refractivity contribution >= 4 is 17.3 Å². The van der Waals surface area contributed by atoms with Crippen molar-refractivity contribution in [3.8, 4) is 0 Å². The Bertz CT molecular complexity index is 464. The van der Waals surface area contributed by atoms with Crippen LogP contribution in [0.4, 0.5) is 5.69 Å². The van der Waals surface area contributed by atoms with Gasteiger partial charge in [0.25, 0.3) is 5.69 Å². The zero-order chi connectivity index (χ0) is 15.3. The first kappa shape index (κ1) is 16.9. The van der Waals surface area contributed by atoms with Crippen LogP contribution in [0.5, 0.6) is 0 Å². The highest BCUT2D eigenvalue weighted by molar-refractivity contribution is 6.30. The SMILES string of the molecule is CC(C)C(CN(C)C)NCc1cc(Cl)ccc1[N+](=O)[O-]. The molecule has 1 rings (SSSR count). The second-order valence-electron chi connectivity index (χ2n) is 5.52. The third-order valence-electron chi connectivity index (χ3n) is 3.16. The molecule has 1 N–H and O–H groups in total. The van der Waals surface area contributed by atoms with Gasteiger partial charge in [0.1, 0.15) is 0 Å². The molecule has 1 unspecified atom stereocenters. The van der Waals surface area contributed by atoms with Gasteiger partial charge in [0.05, 0.1) is 4.92 Å². The zero-order valence-electron chi connectivity index (χ0n) is 12.4. The van der Waals surface area contributed by atoms with Crippen molar-refractivity contribution in [3.63, 3.8) is 0 Å². The third kappa shape index (κ3) is 5.07. The van der Waals surface area contributed by atoms with Gasteiger partial charge in [-0.3, -0.25) is 10.1 Å². The molecule has 0 fully saturated rings. The molecule has 0 saturated heterocycles. The summed E-state index contributed by atoms with van der Waals surface area (Å²) in [4.78, 5) is 12.7. The standard InChI is InChI=1S/C14H22ClN3O2/c1-10(2)13(9-17(3)4)16-8-11-7-12(15)5-6-14(11)18(19)20/h5-7,10,13,16H,8-9H2,1-4H3. The molecule has 5 nitrogen and oxygen atoms in total. The van der Waals surface area contributed by atoms with Crippen LogP contribution in [-0.2, 0) is 6.54 Å². The van der Waals surface area contributed by atoms with Gasteiger partial charge in [-0.1, -0.05) is 25.4 Å². The highest BCUT2D eigenvalue weighted by atomic mass is 35.5. The van der Waals surface area contributed by atoms with Crippen LogP contribution in [-0.4, -0.2) is 36.5 Å². The van der Waals surface area contributed by atoms with E-state index in [4.69, 9.17) is 11.6 Å². The van der Waals surface area contributed by atoms with E-state index in [1.54, 1.807) is 12.1 Å². The average Bonchev–Trinajstić information content (AvgIpc) is 2.33. The van der Waals surface area contributed by atoms with Crippen molar-refractivity contribution < 1.29 is 4.92 Å². The van der Waals surface area contributed by atoms with Gasteiger partial charge in [0.2, 0.25) is 0 Å². The molecular formula is C14H22ClN3O2. The largest absolute Gasteiger partial charge is 0.308 e. The van der Waals surface area contributed by atoms with E-state index in [0.717, 1.165) is 6.54 Å². The fraction of sp³-hybridized carbons (Fsp3) is 0.571. The molecule has 0 spiro atoms. The summed E-state index contributed by atoms with van der Waals surface area (Å²) in [5.74, 6) is 0.440. The molecule has 112 valence electrons. The van der Waals surface area contributed by atoms with Gasteiger partial charge < -0.3 is 10.2 Å². The summed E-state index contributed by atoms with van der Waals surface area (Å²) in [7, 11) is 4.03. The zero-order valence-corrected chi connectivity index (χ0v) is 13.1. The van der Waals surface area contributed by atoms with E-state index in [0.29, 0.717) is 23.0 Å². The Morgan fingerprint density at radius 2 is 2.05 bits per heavy atom. The van der Waals surface area contributed by atoms with Gasteiger partial charge in [0, 0.05) is 35.8 Å². The van der Waals surface area contributed by atoms with E-state index in [-0.39, 0.29) is 16.7 Å². The normalized spacial score (nSPS) is 12.9. The van der Waals surface area contributed by atoms with Crippen LogP contribution in [0.3, 0.4) is 0 Å². The number of nitro benzene ring substituents is 1. The molecule has 0 aliphatic carbocycles. The summed E-state index contributed by atoms with van der Waals surface area (Å²) in [5, 5.41) is 14.9. The van der Waals surface area contributed by atoms with Crippen molar-refractivity contribution in [3.05, 3.63) is 38.9 Å². The molecule has 0 aliphatic heterocycles. The van der Waals surface area contributed by atoms with E-state index in [9.17, 15) is 10.1 Å². The minimum Gasteiger partial charge on any atom is -0.308 e. The number of hydrogen-bond acceptors (Lipinski definition) is 4. The van der Waals surface area contributed by atoms with Crippen molar-refractivity contribution in [1.29, 1.82) is 0 Å². The summed E-state index contributed by atoms with van der Waals surface area (Å²) in [5.41, 5.74) is 0.723.